The Morgan fingerprint density at radius 2 is 1.64 bits per heavy atom. The highest BCUT2D eigenvalue weighted by Gasteiger charge is 2.06. The van der Waals surface area contributed by atoms with Crippen LogP contribution >= 0.6 is 0 Å². The molecular formula is C22H24N4O2. The lowest BCUT2D eigenvalue weighted by molar-refractivity contribution is -0.116. The van der Waals surface area contributed by atoms with E-state index in [1.165, 1.54) is 6.92 Å². The van der Waals surface area contributed by atoms with Crippen LogP contribution in [0.15, 0.2) is 54.6 Å². The summed E-state index contributed by atoms with van der Waals surface area (Å²) in [6.45, 7) is 5.45. The van der Waals surface area contributed by atoms with E-state index in [-0.39, 0.29) is 11.8 Å². The Kier molecular flexibility index (Phi) is 5.89. The van der Waals surface area contributed by atoms with Crippen molar-refractivity contribution in [1.82, 2.24) is 9.78 Å². The number of carbonyl (C=O) groups is 2. The maximum absolute atomic E-state index is 12.2. The zero-order chi connectivity index (χ0) is 20.1. The quantitative estimate of drug-likeness (QED) is 0.682. The van der Waals surface area contributed by atoms with Gasteiger partial charge in [0.25, 0.3) is 0 Å². The summed E-state index contributed by atoms with van der Waals surface area (Å²) in [6, 6.07) is 17.2. The number of anilines is 2. The lowest BCUT2D eigenvalue weighted by Crippen LogP contribution is -2.13. The number of aryl methyl sites for hydroxylation is 3. The Hall–Kier alpha value is -3.41. The number of aromatic nitrogens is 2. The summed E-state index contributed by atoms with van der Waals surface area (Å²) >= 11 is 0. The molecule has 1 aromatic heterocycles. The van der Waals surface area contributed by atoms with E-state index in [1.807, 2.05) is 48.9 Å². The number of nitrogens with one attached hydrogen (secondary N) is 2. The Morgan fingerprint density at radius 1 is 0.964 bits per heavy atom. The average Bonchev–Trinajstić information content (AvgIpc) is 2.98. The van der Waals surface area contributed by atoms with E-state index in [2.05, 4.69) is 15.7 Å². The zero-order valence-corrected chi connectivity index (χ0v) is 16.3. The van der Waals surface area contributed by atoms with Gasteiger partial charge in [0.1, 0.15) is 0 Å². The molecule has 0 unspecified atom stereocenters. The third kappa shape index (κ3) is 5.07. The van der Waals surface area contributed by atoms with Crippen LogP contribution in [-0.4, -0.2) is 21.6 Å². The predicted octanol–water partition coefficient (Wildman–Crippen LogP) is 4.02. The fourth-order valence-corrected chi connectivity index (χ4v) is 3.05. The van der Waals surface area contributed by atoms with E-state index >= 15 is 0 Å². The molecule has 1 heterocycles. The van der Waals surface area contributed by atoms with E-state index in [9.17, 15) is 9.59 Å². The molecule has 0 aliphatic carbocycles. The molecule has 0 aliphatic heterocycles. The number of hydrogen-bond acceptors (Lipinski definition) is 3. The number of benzene rings is 2. The largest absolute Gasteiger partial charge is 0.326 e. The first kappa shape index (κ1) is 19.4. The first-order valence-corrected chi connectivity index (χ1v) is 9.21. The molecule has 0 radical (unpaired) electrons. The van der Waals surface area contributed by atoms with Crippen molar-refractivity contribution < 1.29 is 9.59 Å². The van der Waals surface area contributed by atoms with Gasteiger partial charge in [-0.1, -0.05) is 18.2 Å². The third-order valence-electron chi connectivity index (χ3n) is 4.30. The minimum absolute atomic E-state index is 0.0670. The molecule has 0 saturated carbocycles. The van der Waals surface area contributed by atoms with Crippen LogP contribution in [0, 0.1) is 13.8 Å². The number of nitrogens with zero attached hydrogens (tertiary/aromatic N) is 2. The summed E-state index contributed by atoms with van der Waals surface area (Å²) in [4.78, 5) is 23.4. The first-order valence-electron chi connectivity index (χ1n) is 9.21. The second kappa shape index (κ2) is 8.52. The Bertz CT molecular complexity index is 990. The molecule has 0 aliphatic rings. The van der Waals surface area contributed by atoms with Crippen molar-refractivity contribution in [3.63, 3.8) is 0 Å². The van der Waals surface area contributed by atoms with Crippen LogP contribution in [0.5, 0.6) is 0 Å². The van der Waals surface area contributed by atoms with Crippen molar-refractivity contribution in [1.29, 1.82) is 0 Å². The summed E-state index contributed by atoms with van der Waals surface area (Å²) in [7, 11) is 0. The van der Waals surface area contributed by atoms with Crippen LogP contribution in [0.1, 0.15) is 30.3 Å². The molecule has 0 fully saturated rings. The summed E-state index contributed by atoms with van der Waals surface area (Å²) in [5.41, 5.74) is 5.49. The number of carbonyl (C=O) groups excluding carboxylic acids is 2. The summed E-state index contributed by atoms with van der Waals surface area (Å²) in [5.74, 6) is -0.213. The molecule has 0 bridgehead atoms. The summed E-state index contributed by atoms with van der Waals surface area (Å²) in [6.07, 6.45) is 1.03. The summed E-state index contributed by atoms with van der Waals surface area (Å²) in [5, 5.41) is 10.1. The van der Waals surface area contributed by atoms with Crippen LogP contribution < -0.4 is 10.6 Å². The van der Waals surface area contributed by atoms with Crippen molar-refractivity contribution in [3.05, 3.63) is 71.5 Å². The van der Waals surface area contributed by atoms with Gasteiger partial charge in [-0.25, -0.2) is 4.68 Å². The topological polar surface area (TPSA) is 76.0 Å². The standard InChI is InChI=1S/C22H24N4O2/c1-15-13-16(2)26(25-15)21-10-7-18(8-11-21)9-12-22(28)24-20-6-4-5-19(14-20)23-17(3)27/h4-8,10-11,13-14H,9,12H2,1-3H3,(H,23,27)(H,24,28). The second-order valence-electron chi connectivity index (χ2n) is 6.82. The van der Waals surface area contributed by atoms with Gasteiger partial charge in [-0.05, 0) is 62.2 Å². The third-order valence-corrected chi connectivity index (χ3v) is 4.30. The highest BCUT2D eigenvalue weighted by Crippen LogP contribution is 2.17. The molecule has 2 N–H and O–H groups in total. The second-order valence-corrected chi connectivity index (χ2v) is 6.82. The molecule has 0 saturated heterocycles. The van der Waals surface area contributed by atoms with Crippen LogP contribution in [0.4, 0.5) is 11.4 Å². The molecular weight excluding hydrogens is 352 g/mol. The number of amides is 2. The van der Waals surface area contributed by atoms with Crippen molar-refractivity contribution >= 4 is 23.2 Å². The normalized spacial score (nSPS) is 10.5. The van der Waals surface area contributed by atoms with Gasteiger partial charge in [0.2, 0.25) is 11.8 Å². The van der Waals surface area contributed by atoms with E-state index < -0.39 is 0 Å². The van der Waals surface area contributed by atoms with Crippen LogP contribution in [-0.2, 0) is 16.0 Å². The molecule has 28 heavy (non-hydrogen) atoms. The van der Waals surface area contributed by atoms with Crippen LogP contribution in [0.3, 0.4) is 0 Å². The lowest BCUT2D eigenvalue weighted by Gasteiger charge is -2.09. The van der Waals surface area contributed by atoms with E-state index in [1.54, 1.807) is 24.3 Å². The summed E-state index contributed by atoms with van der Waals surface area (Å²) < 4.78 is 1.91. The number of rotatable bonds is 6. The first-order chi connectivity index (χ1) is 13.4. The van der Waals surface area contributed by atoms with Crippen molar-refractivity contribution in [3.8, 4) is 5.69 Å². The molecule has 6 heteroatoms. The molecule has 2 aromatic carbocycles. The maximum atomic E-state index is 12.2. The smallest absolute Gasteiger partial charge is 0.224 e. The average molecular weight is 376 g/mol. The molecule has 6 nitrogen and oxygen atoms in total. The molecule has 3 aromatic rings. The van der Waals surface area contributed by atoms with Gasteiger partial charge in [0.15, 0.2) is 0 Å². The molecule has 0 spiro atoms. The minimum atomic E-state index is -0.146. The Balaban J connectivity index is 1.56. The molecule has 0 atom stereocenters. The fraction of sp³-hybridized carbons (Fsp3) is 0.227. The van der Waals surface area contributed by atoms with Gasteiger partial charge >= 0.3 is 0 Å². The maximum Gasteiger partial charge on any atom is 0.224 e. The molecule has 144 valence electrons. The van der Waals surface area contributed by atoms with Gasteiger partial charge in [0, 0.05) is 30.4 Å². The van der Waals surface area contributed by atoms with Crippen LogP contribution in [0.2, 0.25) is 0 Å². The molecule has 2 amide bonds. The zero-order valence-electron chi connectivity index (χ0n) is 16.3. The van der Waals surface area contributed by atoms with E-state index in [0.29, 0.717) is 24.2 Å². The lowest BCUT2D eigenvalue weighted by atomic mass is 10.1. The Labute approximate surface area is 164 Å². The SMILES string of the molecule is CC(=O)Nc1cccc(NC(=O)CCc2ccc(-n3nc(C)cc3C)cc2)c1. The van der Waals surface area contributed by atoms with E-state index in [4.69, 9.17) is 0 Å². The highest BCUT2D eigenvalue weighted by molar-refractivity contribution is 5.93. The van der Waals surface area contributed by atoms with Crippen LogP contribution in [0.25, 0.3) is 5.69 Å². The van der Waals surface area contributed by atoms with Gasteiger partial charge < -0.3 is 10.6 Å². The number of hydrogen-bond donors (Lipinski definition) is 2. The highest BCUT2D eigenvalue weighted by atomic mass is 16.2. The van der Waals surface area contributed by atoms with Gasteiger partial charge in [-0.3, -0.25) is 9.59 Å². The predicted molar refractivity (Wildman–Crippen MR) is 111 cm³/mol. The fourth-order valence-electron chi connectivity index (χ4n) is 3.05. The Morgan fingerprint density at radius 3 is 2.25 bits per heavy atom. The van der Waals surface area contributed by atoms with Crippen molar-refractivity contribution in [2.75, 3.05) is 10.6 Å². The molecule has 3 rings (SSSR count). The van der Waals surface area contributed by atoms with Crippen molar-refractivity contribution in [2.24, 2.45) is 0 Å². The van der Waals surface area contributed by atoms with Gasteiger partial charge in [0.05, 0.1) is 11.4 Å². The van der Waals surface area contributed by atoms with Gasteiger partial charge in [-0.15, -0.1) is 0 Å². The van der Waals surface area contributed by atoms with Crippen molar-refractivity contribution in [2.45, 2.75) is 33.6 Å². The monoisotopic (exact) mass is 376 g/mol. The minimum Gasteiger partial charge on any atom is -0.326 e. The van der Waals surface area contributed by atoms with Gasteiger partial charge in [-0.2, -0.15) is 5.10 Å². The van der Waals surface area contributed by atoms with E-state index in [0.717, 1.165) is 22.6 Å².